The quantitative estimate of drug-likeness (QED) is 0.167. The molecule has 0 spiro atoms. The molecule has 3 amide bonds. The Balaban J connectivity index is 1.92. The van der Waals surface area contributed by atoms with E-state index in [1.807, 2.05) is 0 Å². The zero-order chi connectivity index (χ0) is 32.0. The number of aromatic nitrogens is 1. The van der Waals surface area contributed by atoms with E-state index >= 15 is 0 Å². The molecule has 0 bridgehead atoms. The van der Waals surface area contributed by atoms with Gasteiger partial charge in [-0.1, -0.05) is 30.1 Å². The molecule has 0 saturated carbocycles. The number of aliphatic carboxylic acids is 2. The van der Waals surface area contributed by atoms with Crippen LogP contribution in [0.2, 0.25) is 0 Å². The second kappa shape index (κ2) is 16.8. The fourth-order valence-electron chi connectivity index (χ4n) is 3.92. The summed E-state index contributed by atoms with van der Waals surface area (Å²) >= 11 is 0. The molecule has 2 atom stereocenters. The molecule has 0 saturated heterocycles. The number of nitrogens with one attached hydrogen (secondary N) is 3. The van der Waals surface area contributed by atoms with Crippen LogP contribution in [0, 0.1) is 5.82 Å². The fraction of sp³-hybridized carbons (Fsp3) is 0.517. The average molecular weight is 607 g/mol. The summed E-state index contributed by atoms with van der Waals surface area (Å²) < 4.78 is 23.8. The molecule has 0 aliphatic heterocycles. The van der Waals surface area contributed by atoms with Crippen molar-refractivity contribution in [2.24, 2.45) is 0 Å². The van der Waals surface area contributed by atoms with Crippen LogP contribution in [0.5, 0.6) is 0 Å². The first-order chi connectivity index (χ1) is 20.2. The number of aryl methyl sites for hydroxylation is 1. The highest BCUT2D eigenvalue weighted by atomic mass is 19.1. The zero-order valence-electron chi connectivity index (χ0n) is 24.5. The van der Waals surface area contributed by atoms with Crippen molar-refractivity contribution in [3.8, 4) is 0 Å². The van der Waals surface area contributed by atoms with Gasteiger partial charge in [0, 0.05) is 31.9 Å². The number of amides is 3. The fourth-order valence-corrected chi connectivity index (χ4v) is 3.92. The van der Waals surface area contributed by atoms with Gasteiger partial charge >= 0.3 is 18.0 Å². The first-order valence-electron chi connectivity index (χ1n) is 14.0. The Morgan fingerprint density at radius 1 is 0.977 bits per heavy atom. The predicted molar refractivity (Wildman–Crippen MR) is 151 cm³/mol. The Morgan fingerprint density at radius 2 is 1.65 bits per heavy atom. The minimum Gasteiger partial charge on any atom is -0.481 e. The summed E-state index contributed by atoms with van der Waals surface area (Å²) in [5, 5.41) is 29.5. The van der Waals surface area contributed by atoms with Crippen molar-refractivity contribution in [2.75, 3.05) is 6.54 Å². The van der Waals surface area contributed by atoms with Crippen molar-refractivity contribution < 1.29 is 47.8 Å². The number of hydrogen-bond acceptors (Lipinski definition) is 8. The Kier molecular flexibility index (Phi) is 13.6. The molecule has 0 aliphatic carbocycles. The van der Waals surface area contributed by atoms with Gasteiger partial charge in [0.1, 0.15) is 29.3 Å². The lowest BCUT2D eigenvalue weighted by Crippen LogP contribution is -2.52. The monoisotopic (exact) mass is 606 g/mol. The van der Waals surface area contributed by atoms with Crippen molar-refractivity contribution in [3.05, 3.63) is 53.2 Å². The highest BCUT2D eigenvalue weighted by Gasteiger charge is 2.28. The standard InChI is InChI=1S/C29H39FN4O9/c1-29(2,3)42-28(41)31-15-7-5-4-6-8-20-17-23(34-43-20)26(38)33-22(16-18-9-11-19(30)12-10-18)25(37)32-21(27(39)40)13-14-24(35)36/h9-12,17,21-22H,4-8,13-16H2,1-3H3,(H,31,41)(H,32,37)(H,33,38)(H,35,36)(H,39,40). The van der Waals surface area contributed by atoms with Crippen LogP contribution in [0.4, 0.5) is 9.18 Å². The maximum Gasteiger partial charge on any atom is 0.407 e. The first kappa shape index (κ1) is 34.7. The topological polar surface area (TPSA) is 197 Å². The number of carbonyl (C=O) groups is 5. The number of ether oxygens (including phenoxy) is 1. The van der Waals surface area contributed by atoms with Crippen LogP contribution in [-0.2, 0) is 32.0 Å². The van der Waals surface area contributed by atoms with Gasteiger partial charge < -0.3 is 35.4 Å². The first-order valence-corrected chi connectivity index (χ1v) is 14.0. The summed E-state index contributed by atoms with van der Waals surface area (Å²) in [6.45, 7) is 5.86. The molecule has 1 aromatic heterocycles. The molecule has 2 rings (SSSR count). The van der Waals surface area contributed by atoms with Crippen LogP contribution in [-0.4, -0.2) is 69.4 Å². The molecule has 1 heterocycles. The molecule has 2 aromatic rings. The van der Waals surface area contributed by atoms with Gasteiger partial charge in [0.15, 0.2) is 5.69 Å². The number of carboxylic acid groups (broad SMARTS) is 2. The summed E-state index contributed by atoms with van der Waals surface area (Å²) in [4.78, 5) is 60.0. The lowest BCUT2D eigenvalue weighted by atomic mass is 10.0. The van der Waals surface area contributed by atoms with Gasteiger partial charge in [0.05, 0.1) is 0 Å². The van der Waals surface area contributed by atoms with Gasteiger partial charge in [0.25, 0.3) is 5.91 Å². The van der Waals surface area contributed by atoms with E-state index in [1.165, 1.54) is 30.3 Å². The Bertz CT molecular complexity index is 1240. The highest BCUT2D eigenvalue weighted by molar-refractivity contribution is 5.97. The number of halogens is 1. The molecule has 14 heteroatoms. The van der Waals surface area contributed by atoms with E-state index < -0.39 is 59.8 Å². The molecule has 13 nitrogen and oxygen atoms in total. The zero-order valence-corrected chi connectivity index (χ0v) is 24.5. The average Bonchev–Trinajstić information content (AvgIpc) is 3.39. The van der Waals surface area contributed by atoms with Crippen LogP contribution in [0.3, 0.4) is 0 Å². The van der Waals surface area contributed by atoms with E-state index in [1.54, 1.807) is 20.8 Å². The number of benzene rings is 1. The molecule has 1 aromatic carbocycles. The summed E-state index contributed by atoms with van der Waals surface area (Å²) in [7, 11) is 0. The van der Waals surface area contributed by atoms with Crippen LogP contribution in [0.25, 0.3) is 0 Å². The summed E-state index contributed by atoms with van der Waals surface area (Å²) in [6, 6.07) is 3.87. The van der Waals surface area contributed by atoms with E-state index in [0.29, 0.717) is 24.3 Å². The summed E-state index contributed by atoms with van der Waals surface area (Å²) in [5.41, 5.74) is -0.157. The molecular weight excluding hydrogens is 567 g/mol. The van der Waals surface area contributed by atoms with Gasteiger partial charge in [-0.3, -0.25) is 14.4 Å². The van der Waals surface area contributed by atoms with E-state index in [4.69, 9.17) is 14.4 Å². The number of carboxylic acids is 2. The third-order valence-electron chi connectivity index (χ3n) is 6.05. The summed E-state index contributed by atoms with van der Waals surface area (Å²) in [5.74, 6) is -4.31. The van der Waals surface area contributed by atoms with Gasteiger partial charge in [-0.15, -0.1) is 0 Å². The van der Waals surface area contributed by atoms with Gasteiger partial charge in [-0.05, 0) is 57.7 Å². The SMILES string of the molecule is CC(C)(C)OC(=O)NCCCCCCc1cc(C(=O)NC(Cc2ccc(F)cc2)C(=O)NC(CCC(=O)O)C(=O)O)no1. The Hall–Kier alpha value is -4.49. The van der Waals surface area contributed by atoms with Gasteiger partial charge in [-0.2, -0.15) is 0 Å². The predicted octanol–water partition coefficient (Wildman–Crippen LogP) is 3.22. The van der Waals surface area contributed by atoms with Crippen molar-refractivity contribution >= 4 is 29.8 Å². The molecule has 43 heavy (non-hydrogen) atoms. The lowest BCUT2D eigenvalue weighted by Gasteiger charge is -2.21. The van der Waals surface area contributed by atoms with E-state index in [-0.39, 0.29) is 18.5 Å². The van der Waals surface area contributed by atoms with E-state index in [0.717, 1.165) is 25.7 Å². The third-order valence-corrected chi connectivity index (χ3v) is 6.05. The molecule has 236 valence electrons. The Labute approximate surface area is 248 Å². The molecular formula is C29H39FN4O9. The normalized spacial score (nSPS) is 12.6. The van der Waals surface area contributed by atoms with Crippen molar-refractivity contribution in [2.45, 2.75) is 89.8 Å². The van der Waals surface area contributed by atoms with Gasteiger partial charge in [-0.25, -0.2) is 14.0 Å². The Morgan fingerprint density at radius 3 is 2.28 bits per heavy atom. The van der Waals surface area contributed by atoms with Crippen molar-refractivity contribution in [3.63, 3.8) is 0 Å². The number of hydrogen-bond donors (Lipinski definition) is 5. The number of unbranched alkanes of at least 4 members (excludes halogenated alkanes) is 3. The van der Waals surface area contributed by atoms with Crippen LogP contribution in [0.15, 0.2) is 34.9 Å². The smallest absolute Gasteiger partial charge is 0.407 e. The molecule has 0 aliphatic rings. The highest BCUT2D eigenvalue weighted by Crippen LogP contribution is 2.12. The maximum absolute atomic E-state index is 13.4. The molecule has 5 N–H and O–H groups in total. The van der Waals surface area contributed by atoms with E-state index in [9.17, 15) is 33.5 Å². The number of rotatable bonds is 17. The lowest BCUT2D eigenvalue weighted by molar-refractivity contribution is -0.143. The van der Waals surface area contributed by atoms with Crippen molar-refractivity contribution in [1.29, 1.82) is 0 Å². The number of carbonyl (C=O) groups excluding carboxylic acids is 3. The summed E-state index contributed by atoms with van der Waals surface area (Å²) in [6.07, 6.45) is 2.28. The minimum absolute atomic E-state index is 0.0888. The molecule has 0 fully saturated rings. The van der Waals surface area contributed by atoms with Crippen molar-refractivity contribution in [1.82, 2.24) is 21.1 Å². The third kappa shape index (κ3) is 13.8. The second-order valence-electron chi connectivity index (χ2n) is 11.0. The maximum atomic E-state index is 13.4. The largest absolute Gasteiger partial charge is 0.481 e. The second-order valence-corrected chi connectivity index (χ2v) is 11.0. The van der Waals surface area contributed by atoms with Crippen LogP contribution < -0.4 is 16.0 Å². The molecule has 2 unspecified atom stereocenters. The van der Waals surface area contributed by atoms with Crippen LogP contribution in [0.1, 0.15) is 81.1 Å². The minimum atomic E-state index is -1.50. The van der Waals surface area contributed by atoms with Gasteiger partial charge in [0.2, 0.25) is 5.91 Å². The number of alkyl carbamates (subject to hydrolysis) is 1. The molecule has 0 radical (unpaired) electrons. The van der Waals surface area contributed by atoms with E-state index in [2.05, 4.69) is 21.1 Å². The van der Waals surface area contributed by atoms with Crippen LogP contribution >= 0.6 is 0 Å². The number of nitrogens with zero attached hydrogens (tertiary/aromatic N) is 1.